The summed E-state index contributed by atoms with van der Waals surface area (Å²) in [5.74, 6) is -0.515. The largest absolute Gasteiger partial charge is 0.383 e. The highest BCUT2D eigenvalue weighted by Crippen LogP contribution is 2.19. The van der Waals surface area contributed by atoms with Crippen molar-refractivity contribution in [2.45, 2.75) is 45.7 Å². The SMILES string of the molecule is CCCCn1c(N)c(N(CC(=O)NCC(=O)N2CCCC2)Cc2ccccc2)c(=O)[nH]c1=O. The van der Waals surface area contributed by atoms with Gasteiger partial charge in [-0.15, -0.1) is 0 Å². The lowest BCUT2D eigenvalue weighted by molar-refractivity contribution is -0.131. The number of unbranched alkanes of at least 4 members (excludes halogenated alkanes) is 1. The van der Waals surface area contributed by atoms with Crippen LogP contribution < -0.4 is 27.2 Å². The monoisotopic (exact) mass is 456 g/mol. The van der Waals surface area contributed by atoms with E-state index < -0.39 is 17.2 Å². The number of nitrogens with one attached hydrogen (secondary N) is 2. The summed E-state index contributed by atoms with van der Waals surface area (Å²) in [6, 6.07) is 9.34. The standard InChI is InChI=1S/C23H32N6O4/c1-2-3-13-29-21(24)20(22(32)26-23(29)33)28(15-17-9-5-4-6-10-17)16-18(30)25-14-19(31)27-11-7-8-12-27/h4-6,9-10H,2-3,7-8,11-16,24H2,1H3,(H,25,30)(H,26,32,33). The number of nitrogens with two attached hydrogens (primary N) is 1. The Morgan fingerprint density at radius 1 is 1.15 bits per heavy atom. The molecule has 0 unspecified atom stereocenters. The molecule has 10 heteroatoms. The number of nitrogens with zero attached hydrogens (tertiary/aromatic N) is 3. The van der Waals surface area contributed by atoms with Crippen LogP contribution in [0.15, 0.2) is 39.9 Å². The minimum atomic E-state index is -0.651. The van der Waals surface area contributed by atoms with E-state index in [4.69, 9.17) is 5.73 Å². The topological polar surface area (TPSA) is 134 Å². The molecule has 0 saturated carbocycles. The van der Waals surface area contributed by atoms with Crippen molar-refractivity contribution in [2.24, 2.45) is 0 Å². The molecule has 0 bridgehead atoms. The molecule has 2 amide bonds. The van der Waals surface area contributed by atoms with Crippen LogP contribution in [0.4, 0.5) is 11.5 Å². The van der Waals surface area contributed by atoms with Gasteiger partial charge in [0.1, 0.15) is 11.5 Å². The van der Waals surface area contributed by atoms with Crippen LogP contribution in [-0.2, 0) is 22.7 Å². The smallest absolute Gasteiger partial charge is 0.330 e. The van der Waals surface area contributed by atoms with Gasteiger partial charge in [0.25, 0.3) is 5.56 Å². The molecule has 1 fully saturated rings. The molecule has 2 aromatic rings. The van der Waals surface area contributed by atoms with E-state index in [0.29, 0.717) is 26.1 Å². The molecule has 0 aliphatic carbocycles. The molecule has 1 aromatic carbocycles. The Kier molecular flexibility index (Phi) is 8.28. The van der Waals surface area contributed by atoms with Gasteiger partial charge in [-0.3, -0.25) is 23.9 Å². The molecule has 1 saturated heterocycles. The van der Waals surface area contributed by atoms with Crippen LogP contribution in [0.25, 0.3) is 0 Å². The van der Waals surface area contributed by atoms with E-state index in [-0.39, 0.29) is 37.0 Å². The lowest BCUT2D eigenvalue weighted by Gasteiger charge is -2.26. The number of carbonyl (C=O) groups excluding carboxylic acids is 2. The number of rotatable bonds is 10. The normalized spacial score (nSPS) is 13.2. The minimum absolute atomic E-state index is 0.0223. The van der Waals surface area contributed by atoms with Crippen molar-refractivity contribution in [2.75, 3.05) is 36.8 Å². The lowest BCUT2D eigenvalue weighted by Crippen LogP contribution is -2.45. The number of aromatic amines is 1. The van der Waals surface area contributed by atoms with Gasteiger partial charge < -0.3 is 20.9 Å². The lowest BCUT2D eigenvalue weighted by atomic mass is 10.2. The number of benzene rings is 1. The van der Waals surface area contributed by atoms with Crippen molar-refractivity contribution in [3.63, 3.8) is 0 Å². The third kappa shape index (κ3) is 6.24. The Morgan fingerprint density at radius 2 is 1.85 bits per heavy atom. The van der Waals surface area contributed by atoms with Crippen LogP contribution in [0.1, 0.15) is 38.2 Å². The Bertz CT molecular complexity index is 1070. The maximum atomic E-state index is 12.8. The maximum absolute atomic E-state index is 12.8. The van der Waals surface area contributed by atoms with Crippen LogP contribution in [0.5, 0.6) is 0 Å². The van der Waals surface area contributed by atoms with E-state index in [1.165, 1.54) is 4.57 Å². The van der Waals surface area contributed by atoms with Gasteiger partial charge in [0.2, 0.25) is 11.8 Å². The van der Waals surface area contributed by atoms with E-state index >= 15 is 0 Å². The van der Waals surface area contributed by atoms with E-state index in [1.807, 2.05) is 37.3 Å². The number of amides is 2. The molecular formula is C23H32N6O4. The second-order valence-corrected chi connectivity index (χ2v) is 8.20. The zero-order chi connectivity index (χ0) is 23.8. The number of nitrogen functional groups attached to an aromatic ring is 1. The first-order chi connectivity index (χ1) is 15.9. The van der Waals surface area contributed by atoms with E-state index in [0.717, 1.165) is 24.8 Å². The molecule has 178 valence electrons. The number of anilines is 2. The predicted molar refractivity (Wildman–Crippen MR) is 127 cm³/mol. The van der Waals surface area contributed by atoms with Crippen LogP contribution in [-0.4, -0.2) is 52.4 Å². The molecule has 4 N–H and O–H groups in total. The molecule has 1 aromatic heterocycles. The molecule has 0 atom stereocenters. The number of likely N-dealkylation sites (tertiary alicyclic amines) is 1. The van der Waals surface area contributed by atoms with Gasteiger partial charge in [-0.2, -0.15) is 0 Å². The van der Waals surface area contributed by atoms with Gasteiger partial charge in [0.15, 0.2) is 0 Å². The molecule has 3 rings (SSSR count). The fraction of sp³-hybridized carbons (Fsp3) is 0.478. The number of H-pyrrole nitrogens is 1. The quantitative estimate of drug-likeness (QED) is 0.481. The highest BCUT2D eigenvalue weighted by Gasteiger charge is 2.23. The van der Waals surface area contributed by atoms with Gasteiger partial charge in [-0.25, -0.2) is 4.79 Å². The van der Waals surface area contributed by atoms with Crippen molar-refractivity contribution in [3.8, 4) is 0 Å². The molecule has 33 heavy (non-hydrogen) atoms. The highest BCUT2D eigenvalue weighted by atomic mass is 16.2. The van der Waals surface area contributed by atoms with Crippen molar-refractivity contribution in [1.29, 1.82) is 0 Å². The fourth-order valence-corrected chi connectivity index (χ4v) is 3.92. The van der Waals surface area contributed by atoms with Gasteiger partial charge in [0, 0.05) is 26.2 Å². The molecule has 0 radical (unpaired) electrons. The Balaban J connectivity index is 1.84. The fourth-order valence-electron chi connectivity index (χ4n) is 3.92. The average Bonchev–Trinajstić information content (AvgIpc) is 3.33. The van der Waals surface area contributed by atoms with Gasteiger partial charge in [0.05, 0.1) is 13.1 Å². The molecule has 1 aliphatic rings. The second kappa shape index (κ2) is 11.3. The molecule has 2 heterocycles. The number of hydrogen-bond donors (Lipinski definition) is 3. The Hall–Kier alpha value is -3.56. The number of aromatic nitrogens is 2. The number of hydrogen-bond acceptors (Lipinski definition) is 6. The zero-order valence-electron chi connectivity index (χ0n) is 19.0. The third-order valence-electron chi connectivity index (χ3n) is 5.71. The Morgan fingerprint density at radius 3 is 2.52 bits per heavy atom. The van der Waals surface area contributed by atoms with Crippen LogP contribution in [0, 0.1) is 0 Å². The summed E-state index contributed by atoms with van der Waals surface area (Å²) in [6.07, 6.45) is 3.51. The van der Waals surface area contributed by atoms with Crippen molar-refractivity contribution in [1.82, 2.24) is 19.8 Å². The zero-order valence-corrected chi connectivity index (χ0v) is 19.0. The molecule has 0 spiro atoms. The van der Waals surface area contributed by atoms with Crippen molar-refractivity contribution in [3.05, 3.63) is 56.7 Å². The molecule has 10 nitrogen and oxygen atoms in total. The first kappa shape index (κ1) is 24.1. The summed E-state index contributed by atoms with van der Waals surface area (Å²) in [6.45, 7) is 3.71. The predicted octanol–water partition coefficient (Wildman–Crippen LogP) is 0.664. The van der Waals surface area contributed by atoms with Crippen molar-refractivity contribution >= 4 is 23.3 Å². The maximum Gasteiger partial charge on any atom is 0.330 e. The van der Waals surface area contributed by atoms with E-state index in [9.17, 15) is 19.2 Å². The third-order valence-corrected chi connectivity index (χ3v) is 5.71. The van der Waals surface area contributed by atoms with E-state index in [2.05, 4.69) is 10.3 Å². The highest BCUT2D eigenvalue weighted by molar-refractivity contribution is 5.87. The molecular weight excluding hydrogens is 424 g/mol. The van der Waals surface area contributed by atoms with Gasteiger partial charge in [-0.1, -0.05) is 43.7 Å². The first-order valence-corrected chi connectivity index (χ1v) is 11.4. The van der Waals surface area contributed by atoms with Gasteiger partial charge >= 0.3 is 5.69 Å². The summed E-state index contributed by atoms with van der Waals surface area (Å²) in [5.41, 5.74) is 5.97. The van der Waals surface area contributed by atoms with Gasteiger partial charge in [-0.05, 0) is 24.8 Å². The summed E-state index contributed by atoms with van der Waals surface area (Å²) < 4.78 is 1.33. The van der Waals surface area contributed by atoms with Crippen LogP contribution in [0.2, 0.25) is 0 Å². The number of carbonyl (C=O) groups is 2. The van der Waals surface area contributed by atoms with Crippen LogP contribution >= 0.6 is 0 Å². The van der Waals surface area contributed by atoms with E-state index in [1.54, 1.807) is 9.80 Å². The second-order valence-electron chi connectivity index (χ2n) is 8.20. The molecule has 1 aliphatic heterocycles. The first-order valence-electron chi connectivity index (χ1n) is 11.4. The average molecular weight is 457 g/mol. The Labute approximate surface area is 192 Å². The van der Waals surface area contributed by atoms with Crippen LogP contribution in [0.3, 0.4) is 0 Å². The minimum Gasteiger partial charge on any atom is -0.383 e. The summed E-state index contributed by atoms with van der Waals surface area (Å²) in [4.78, 5) is 55.7. The summed E-state index contributed by atoms with van der Waals surface area (Å²) >= 11 is 0. The summed E-state index contributed by atoms with van der Waals surface area (Å²) in [5, 5.41) is 2.65. The summed E-state index contributed by atoms with van der Waals surface area (Å²) in [7, 11) is 0. The van der Waals surface area contributed by atoms with Crippen molar-refractivity contribution < 1.29 is 9.59 Å².